The fraction of sp³-hybridized carbons (Fsp3) is 0.919. The van der Waals surface area contributed by atoms with Gasteiger partial charge in [0.05, 0.1) is 0 Å². The molecule has 0 aromatic carbocycles. The summed E-state index contributed by atoms with van der Waals surface area (Å²) >= 11 is 0. The Bertz CT molecular complexity index is 1060. The average molecular weight is 960 g/mol. The van der Waals surface area contributed by atoms with Crippen molar-refractivity contribution in [2.24, 2.45) is 0 Å². The fourth-order valence-electron chi connectivity index (χ4n) is 9.38. The Morgan fingerprint density at radius 3 is 0.735 bits per heavy atom. The number of hydrogen-bond donors (Lipinski definition) is 0. The van der Waals surface area contributed by atoms with Crippen LogP contribution in [0, 0.1) is 0 Å². The van der Waals surface area contributed by atoms with E-state index in [4.69, 9.17) is 14.2 Å². The molecule has 0 saturated carbocycles. The third-order valence-electron chi connectivity index (χ3n) is 14.0. The van der Waals surface area contributed by atoms with E-state index >= 15 is 0 Å². The van der Waals surface area contributed by atoms with Gasteiger partial charge in [-0.05, 0) is 44.9 Å². The lowest BCUT2D eigenvalue weighted by Gasteiger charge is -2.18. The number of unbranched alkanes of at least 4 members (excludes halogenated alkanes) is 44. The first kappa shape index (κ1) is 66.2. The second-order valence-electron chi connectivity index (χ2n) is 21.0. The number of rotatable bonds is 57. The highest BCUT2D eigenvalue weighted by molar-refractivity contribution is 5.71. The van der Waals surface area contributed by atoms with Crippen molar-refractivity contribution in [3.05, 3.63) is 12.2 Å². The molecular formula is C62H118O6. The molecule has 0 fully saturated rings. The van der Waals surface area contributed by atoms with Crippen molar-refractivity contribution in [3.8, 4) is 0 Å². The zero-order valence-electron chi connectivity index (χ0n) is 46.2. The van der Waals surface area contributed by atoms with Gasteiger partial charge in [0.2, 0.25) is 0 Å². The molecule has 1 atom stereocenters. The Kier molecular flexibility index (Phi) is 56.2. The third-order valence-corrected chi connectivity index (χ3v) is 14.0. The van der Waals surface area contributed by atoms with Gasteiger partial charge in [-0.3, -0.25) is 14.4 Å². The summed E-state index contributed by atoms with van der Waals surface area (Å²) in [5.41, 5.74) is 0. The fourth-order valence-corrected chi connectivity index (χ4v) is 9.38. The molecule has 0 amide bonds. The van der Waals surface area contributed by atoms with Crippen molar-refractivity contribution in [2.75, 3.05) is 13.2 Å². The normalized spacial score (nSPS) is 12.0. The van der Waals surface area contributed by atoms with Gasteiger partial charge in [0.1, 0.15) is 13.2 Å². The van der Waals surface area contributed by atoms with Crippen molar-refractivity contribution in [2.45, 2.75) is 354 Å². The van der Waals surface area contributed by atoms with Crippen LogP contribution in [-0.4, -0.2) is 37.2 Å². The van der Waals surface area contributed by atoms with E-state index in [0.717, 1.165) is 70.6 Å². The molecule has 0 aliphatic rings. The first-order valence-corrected chi connectivity index (χ1v) is 30.7. The molecule has 0 bridgehead atoms. The van der Waals surface area contributed by atoms with Gasteiger partial charge in [-0.15, -0.1) is 0 Å². The summed E-state index contributed by atoms with van der Waals surface area (Å²) in [6, 6.07) is 0. The van der Waals surface area contributed by atoms with Gasteiger partial charge in [-0.1, -0.05) is 296 Å². The van der Waals surface area contributed by atoms with E-state index in [0.29, 0.717) is 19.3 Å². The quantitative estimate of drug-likeness (QED) is 0.0262. The van der Waals surface area contributed by atoms with E-state index in [1.165, 1.54) is 238 Å². The van der Waals surface area contributed by atoms with Gasteiger partial charge in [-0.2, -0.15) is 0 Å². The van der Waals surface area contributed by atoms with Crippen molar-refractivity contribution < 1.29 is 28.6 Å². The lowest BCUT2D eigenvalue weighted by molar-refractivity contribution is -0.167. The van der Waals surface area contributed by atoms with Crippen LogP contribution >= 0.6 is 0 Å². The Labute approximate surface area is 424 Å². The predicted molar refractivity (Wildman–Crippen MR) is 293 cm³/mol. The first-order valence-electron chi connectivity index (χ1n) is 30.7. The zero-order valence-corrected chi connectivity index (χ0v) is 46.2. The summed E-state index contributed by atoms with van der Waals surface area (Å²) in [7, 11) is 0. The molecule has 0 aliphatic carbocycles. The topological polar surface area (TPSA) is 78.9 Å². The number of allylic oxidation sites excluding steroid dienone is 2. The van der Waals surface area contributed by atoms with E-state index in [-0.39, 0.29) is 31.1 Å². The molecule has 0 aromatic rings. The summed E-state index contributed by atoms with van der Waals surface area (Å²) in [5, 5.41) is 0. The van der Waals surface area contributed by atoms with Crippen LogP contribution in [0.3, 0.4) is 0 Å². The highest BCUT2D eigenvalue weighted by Crippen LogP contribution is 2.18. The lowest BCUT2D eigenvalue weighted by Crippen LogP contribution is -2.30. The molecule has 6 nitrogen and oxygen atoms in total. The molecule has 0 heterocycles. The minimum Gasteiger partial charge on any atom is -0.462 e. The molecular weight excluding hydrogens is 841 g/mol. The Balaban J connectivity index is 3.92. The highest BCUT2D eigenvalue weighted by Gasteiger charge is 2.19. The van der Waals surface area contributed by atoms with Gasteiger partial charge in [0, 0.05) is 19.3 Å². The van der Waals surface area contributed by atoms with Gasteiger partial charge < -0.3 is 14.2 Å². The maximum Gasteiger partial charge on any atom is 0.306 e. The maximum atomic E-state index is 12.8. The molecule has 402 valence electrons. The van der Waals surface area contributed by atoms with Crippen molar-refractivity contribution in [1.82, 2.24) is 0 Å². The third kappa shape index (κ3) is 55.1. The minimum absolute atomic E-state index is 0.0691. The molecule has 0 rings (SSSR count). The molecule has 0 N–H and O–H groups in total. The number of carbonyl (C=O) groups excluding carboxylic acids is 3. The van der Waals surface area contributed by atoms with Crippen LogP contribution in [0.4, 0.5) is 0 Å². The summed E-state index contributed by atoms with van der Waals surface area (Å²) in [6.07, 6.45) is 67.1. The molecule has 0 radical (unpaired) electrons. The van der Waals surface area contributed by atoms with Gasteiger partial charge >= 0.3 is 17.9 Å². The van der Waals surface area contributed by atoms with Crippen molar-refractivity contribution >= 4 is 17.9 Å². The van der Waals surface area contributed by atoms with Gasteiger partial charge in [0.25, 0.3) is 0 Å². The second kappa shape index (κ2) is 57.7. The molecule has 0 spiro atoms. The average Bonchev–Trinajstić information content (AvgIpc) is 3.34. The number of esters is 3. The first-order chi connectivity index (χ1) is 33.5. The minimum atomic E-state index is -0.767. The monoisotopic (exact) mass is 959 g/mol. The number of hydrogen-bond acceptors (Lipinski definition) is 6. The highest BCUT2D eigenvalue weighted by atomic mass is 16.6. The van der Waals surface area contributed by atoms with Gasteiger partial charge in [0.15, 0.2) is 6.10 Å². The molecule has 68 heavy (non-hydrogen) atoms. The Morgan fingerprint density at radius 2 is 0.485 bits per heavy atom. The molecule has 0 saturated heterocycles. The van der Waals surface area contributed by atoms with Crippen molar-refractivity contribution in [1.29, 1.82) is 0 Å². The molecule has 6 heteroatoms. The largest absolute Gasteiger partial charge is 0.462 e. The second-order valence-corrected chi connectivity index (χ2v) is 21.0. The van der Waals surface area contributed by atoms with Crippen LogP contribution in [0.5, 0.6) is 0 Å². The van der Waals surface area contributed by atoms with E-state index in [1.54, 1.807) is 0 Å². The van der Waals surface area contributed by atoms with Crippen LogP contribution in [0.2, 0.25) is 0 Å². The number of ether oxygens (including phenoxy) is 3. The molecule has 0 aliphatic heterocycles. The summed E-state index contributed by atoms with van der Waals surface area (Å²) in [6.45, 7) is 6.60. The summed E-state index contributed by atoms with van der Waals surface area (Å²) < 4.78 is 16.7. The SMILES string of the molecule is CCCCCCCCC/C=C\CCCCCCCC(=O)OC(COC(=O)CCCCCCC)COC(=O)CCCCCCCCCCCCCCCCCCCCCCCCCCCCCCC. The van der Waals surface area contributed by atoms with E-state index in [9.17, 15) is 14.4 Å². The Morgan fingerprint density at radius 1 is 0.279 bits per heavy atom. The maximum absolute atomic E-state index is 12.8. The van der Waals surface area contributed by atoms with Crippen LogP contribution in [-0.2, 0) is 28.6 Å². The van der Waals surface area contributed by atoms with E-state index in [2.05, 4.69) is 32.9 Å². The van der Waals surface area contributed by atoms with Crippen LogP contribution in [0.25, 0.3) is 0 Å². The number of carbonyl (C=O) groups is 3. The Hall–Kier alpha value is -1.85. The standard InChI is InChI=1S/C62H118O6/c1-4-7-10-13-15-17-19-21-23-25-26-27-28-29-30-31-32-33-34-35-36-37-39-40-42-44-46-49-52-55-61(64)67-58-59(57-66-60(63)54-51-48-12-9-6-3)68-62(65)56-53-50-47-45-43-41-38-24-22-20-18-16-14-11-8-5-2/h24,38,59H,4-23,25-37,39-58H2,1-3H3/b38-24-. The van der Waals surface area contributed by atoms with Crippen LogP contribution < -0.4 is 0 Å². The van der Waals surface area contributed by atoms with E-state index < -0.39 is 6.10 Å². The lowest BCUT2D eigenvalue weighted by atomic mass is 10.0. The van der Waals surface area contributed by atoms with Crippen LogP contribution in [0.15, 0.2) is 12.2 Å². The predicted octanol–water partition coefficient (Wildman–Crippen LogP) is 20.5. The van der Waals surface area contributed by atoms with E-state index in [1.807, 2.05) is 0 Å². The zero-order chi connectivity index (χ0) is 49.3. The van der Waals surface area contributed by atoms with Gasteiger partial charge in [-0.25, -0.2) is 0 Å². The summed E-state index contributed by atoms with van der Waals surface area (Å²) in [5.74, 6) is -0.871. The van der Waals surface area contributed by atoms with Crippen LogP contribution in [0.1, 0.15) is 348 Å². The summed E-state index contributed by atoms with van der Waals surface area (Å²) in [4.78, 5) is 37.8. The smallest absolute Gasteiger partial charge is 0.306 e. The molecule has 1 unspecified atom stereocenters. The van der Waals surface area contributed by atoms with Crippen molar-refractivity contribution in [3.63, 3.8) is 0 Å². The molecule has 0 aromatic heterocycles.